The van der Waals surface area contributed by atoms with Gasteiger partial charge in [-0.15, -0.1) is 0 Å². The maximum atomic E-state index is 12.3. The van der Waals surface area contributed by atoms with E-state index in [4.69, 9.17) is 10.5 Å². The van der Waals surface area contributed by atoms with Gasteiger partial charge in [0.1, 0.15) is 0 Å². The van der Waals surface area contributed by atoms with E-state index in [1.54, 1.807) is 12.1 Å². The molecule has 0 spiro atoms. The lowest BCUT2D eigenvalue weighted by atomic mass is 10.1. The summed E-state index contributed by atoms with van der Waals surface area (Å²) in [6, 6.07) is 4.69. The summed E-state index contributed by atoms with van der Waals surface area (Å²) in [6.45, 7) is -2.39. The summed E-state index contributed by atoms with van der Waals surface area (Å²) in [5.41, 5.74) is 5.89. The topological polar surface area (TPSA) is 61.6 Å². The first-order chi connectivity index (χ1) is 9.54. The van der Waals surface area contributed by atoms with E-state index < -0.39 is 12.5 Å². The van der Waals surface area contributed by atoms with Crippen molar-refractivity contribution in [2.24, 2.45) is 11.7 Å². The molecular formula is C14H17F2NO3. The quantitative estimate of drug-likeness (QED) is 0.798. The summed E-state index contributed by atoms with van der Waals surface area (Å²) in [6.07, 6.45) is 2.86. The van der Waals surface area contributed by atoms with E-state index in [-0.39, 0.29) is 12.2 Å². The minimum Gasteiger partial charge on any atom is -0.489 e. The number of amides is 1. The van der Waals surface area contributed by atoms with Crippen molar-refractivity contribution in [3.63, 3.8) is 0 Å². The van der Waals surface area contributed by atoms with Crippen LogP contribution in [-0.2, 0) is 11.2 Å². The highest BCUT2D eigenvalue weighted by Gasteiger charge is 2.23. The van der Waals surface area contributed by atoms with Gasteiger partial charge in [-0.1, -0.05) is 6.07 Å². The molecule has 0 unspecified atom stereocenters. The van der Waals surface area contributed by atoms with Crippen molar-refractivity contribution >= 4 is 5.91 Å². The SMILES string of the molecule is NC(=O)CCc1ccc(OC(F)F)c(OCC2CC2)c1. The first kappa shape index (κ1) is 14.6. The predicted octanol–water partition coefficient (Wildman–Crippen LogP) is 2.49. The van der Waals surface area contributed by atoms with Gasteiger partial charge in [0.25, 0.3) is 0 Å². The molecule has 1 aromatic carbocycles. The van der Waals surface area contributed by atoms with E-state index in [0.717, 1.165) is 18.4 Å². The minimum atomic E-state index is -2.89. The molecule has 0 radical (unpaired) electrons. The third-order valence-electron chi connectivity index (χ3n) is 3.06. The van der Waals surface area contributed by atoms with E-state index in [1.165, 1.54) is 6.07 Å². The number of hydrogen-bond acceptors (Lipinski definition) is 3. The summed E-state index contributed by atoms with van der Waals surface area (Å²) in [7, 11) is 0. The van der Waals surface area contributed by atoms with Gasteiger partial charge in [-0.2, -0.15) is 8.78 Å². The van der Waals surface area contributed by atoms with Crippen molar-refractivity contribution in [2.45, 2.75) is 32.3 Å². The van der Waals surface area contributed by atoms with Crippen molar-refractivity contribution in [2.75, 3.05) is 6.61 Å². The van der Waals surface area contributed by atoms with Crippen LogP contribution in [0.1, 0.15) is 24.8 Å². The molecule has 0 aromatic heterocycles. The van der Waals surface area contributed by atoms with Crippen LogP contribution < -0.4 is 15.2 Å². The predicted molar refractivity (Wildman–Crippen MR) is 68.8 cm³/mol. The molecule has 1 amide bonds. The maximum Gasteiger partial charge on any atom is 0.387 e. The van der Waals surface area contributed by atoms with Gasteiger partial charge >= 0.3 is 6.61 Å². The second-order valence-corrected chi connectivity index (χ2v) is 4.88. The fourth-order valence-corrected chi connectivity index (χ4v) is 1.77. The molecule has 0 heterocycles. The lowest BCUT2D eigenvalue weighted by molar-refractivity contribution is -0.117. The van der Waals surface area contributed by atoms with Crippen LogP contribution in [0.4, 0.5) is 8.78 Å². The Balaban J connectivity index is 2.07. The number of ether oxygens (including phenoxy) is 2. The summed E-state index contributed by atoms with van der Waals surface area (Å²) in [5.74, 6) is 0.407. The van der Waals surface area contributed by atoms with Crippen LogP contribution in [0.25, 0.3) is 0 Å². The van der Waals surface area contributed by atoms with Gasteiger partial charge in [0.2, 0.25) is 5.91 Å². The Morgan fingerprint density at radius 1 is 1.35 bits per heavy atom. The number of hydrogen-bond donors (Lipinski definition) is 1. The molecule has 6 heteroatoms. The first-order valence-corrected chi connectivity index (χ1v) is 6.53. The number of carbonyl (C=O) groups is 1. The Kier molecular flexibility index (Phi) is 4.76. The number of aryl methyl sites for hydroxylation is 1. The molecule has 0 atom stereocenters. The number of primary amides is 1. The highest BCUT2D eigenvalue weighted by molar-refractivity contribution is 5.74. The Morgan fingerprint density at radius 2 is 2.10 bits per heavy atom. The molecular weight excluding hydrogens is 268 g/mol. The number of halogens is 2. The number of rotatable bonds is 8. The first-order valence-electron chi connectivity index (χ1n) is 6.53. The Labute approximate surface area is 115 Å². The third-order valence-corrected chi connectivity index (χ3v) is 3.06. The number of benzene rings is 1. The average Bonchev–Trinajstić information content (AvgIpc) is 3.19. The van der Waals surface area contributed by atoms with Crippen LogP contribution in [0.3, 0.4) is 0 Å². The van der Waals surface area contributed by atoms with E-state index in [9.17, 15) is 13.6 Å². The monoisotopic (exact) mass is 285 g/mol. The standard InChI is InChI=1S/C14H17F2NO3/c15-14(16)20-11-5-3-9(4-6-13(17)18)7-12(11)19-8-10-1-2-10/h3,5,7,10,14H,1-2,4,6,8H2,(H2,17,18). The van der Waals surface area contributed by atoms with Crippen LogP contribution in [0.5, 0.6) is 11.5 Å². The molecule has 20 heavy (non-hydrogen) atoms. The zero-order chi connectivity index (χ0) is 14.5. The zero-order valence-electron chi connectivity index (χ0n) is 11.0. The molecule has 4 nitrogen and oxygen atoms in total. The second-order valence-electron chi connectivity index (χ2n) is 4.88. The molecule has 0 aliphatic heterocycles. The smallest absolute Gasteiger partial charge is 0.387 e. The molecule has 2 rings (SSSR count). The normalized spacial score (nSPS) is 14.3. The van der Waals surface area contributed by atoms with Crippen molar-refractivity contribution in [3.8, 4) is 11.5 Å². The Morgan fingerprint density at radius 3 is 2.70 bits per heavy atom. The third kappa shape index (κ3) is 4.68. The van der Waals surface area contributed by atoms with Crippen molar-refractivity contribution < 1.29 is 23.0 Å². The molecule has 1 fully saturated rings. The molecule has 1 aromatic rings. The van der Waals surface area contributed by atoms with E-state index in [2.05, 4.69) is 4.74 Å². The van der Waals surface area contributed by atoms with E-state index >= 15 is 0 Å². The highest BCUT2D eigenvalue weighted by atomic mass is 19.3. The fraction of sp³-hybridized carbons (Fsp3) is 0.500. The average molecular weight is 285 g/mol. The van der Waals surface area contributed by atoms with Gasteiger partial charge in [0.05, 0.1) is 6.61 Å². The number of alkyl halides is 2. The molecule has 2 N–H and O–H groups in total. The molecule has 1 aliphatic carbocycles. The number of nitrogens with two attached hydrogens (primary N) is 1. The van der Waals surface area contributed by atoms with Gasteiger partial charge in [-0.25, -0.2) is 0 Å². The van der Waals surface area contributed by atoms with Crippen molar-refractivity contribution in [1.29, 1.82) is 0 Å². The Hall–Kier alpha value is -1.85. The van der Waals surface area contributed by atoms with Crippen LogP contribution >= 0.6 is 0 Å². The van der Waals surface area contributed by atoms with Gasteiger partial charge in [-0.05, 0) is 42.9 Å². The van der Waals surface area contributed by atoms with Gasteiger partial charge < -0.3 is 15.2 Å². The lowest BCUT2D eigenvalue weighted by Crippen LogP contribution is -2.11. The van der Waals surface area contributed by atoms with Gasteiger partial charge in [0.15, 0.2) is 11.5 Å². The molecule has 0 saturated heterocycles. The van der Waals surface area contributed by atoms with Crippen LogP contribution in [0.15, 0.2) is 18.2 Å². The second kappa shape index (κ2) is 6.54. The van der Waals surface area contributed by atoms with Crippen molar-refractivity contribution in [3.05, 3.63) is 23.8 Å². The fourth-order valence-electron chi connectivity index (χ4n) is 1.77. The molecule has 110 valence electrons. The Bertz CT molecular complexity index is 475. The molecule has 0 bridgehead atoms. The molecule has 1 saturated carbocycles. The summed E-state index contributed by atoms with van der Waals surface area (Å²) >= 11 is 0. The molecule has 1 aliphatic rings. The maximum absolute atomic E-state index is 12.3. The van der Waals surface area contributed by atoms with E-state index in [0.29, 0.717) is 24.7 Å². The van der Waals surface area contributed by atoms with Crippen molar-refractivity contribution in [1.82, 2.24) is 0 Å². The summed E-state index contributed by atoms with van der Waals surface area (Å²) in [5, 5.41) is 0. The highest BCUT2D eigenvalue weighted by Crippen LogP contribution is 2.34. The summed E-state index contributed by atoms with van der Waals surface area (Å²) in [4.78, 5) is 10.8. The minimum absolute atomic E-state index is 0.0171. The van der Waals surface area contributed by atoms with Crippen LogP contribution in [0.2, 0.25) is 0 Å². The van der Waals surface area contributed by atoms with E-state index in [1.807, 2.05) is 0 Å². The zero-order valence-corrected chi connectivity index (χ0v) is 11.0. The van der Waals surface area contributed by atoms with Crippen LogP contribution in [-0.4, -0.2) is 19.1 Å². The van der Waals surface area contributed by atoms with Crippen LogP contribution in [0, 0.1) is 5.92 Å². The van der Waals surface area contributed by atoms with Gasteiger partial charge in [0, 0.05) is 6.42 Å². The summed E-state index contributed by atoms with van der Waals surface area (Å²) < 4.78 is 34.6. The van der Waals surface area contributed by atoms with Gasteiger partial charge in [-0.3, -0.25) is 4.79 Å². The lowest BCUT2D eigenvalue weighted by Gasteiger charge is -2.13. The largest absolute Gasteiger partial charge is 0.489 e. The number of carbonyl (C=O) groups excluding carboxylic acids is 1.